The van der Waals surface area contributed by atoms with Crippen LogP contribution >= 0.6 is 0 Å². The van der Waals surface area contributed by atoms with Crippen LogP contribution in [0.3, 0.4) is 0 Å². The fraction of sp³-hybridized carbons (Fsp3) is 0.722. The minimum atomic E-state index is -0.671. The number of carboxylic acids is 1. The fourth-order valence-corrected chi connectivity index (χ4v) is 2.09. The molecule has 0 aliphatic rings. The maximum atomic E-state index is 10.3. The van der Waals surface area contributed by atoms with Crippen LogP contribution in [0.2, 0.25) is 0 Å². The molecule has 0 aliphatic heterocycles. The number of aliphatic carboxylic acids is 1. The molecule has 0 saturated heterocycles. The van der Waals surface area contributed by atoms with E-state index in [9.17, 15) is 4.79 Å². The second-order valence-corrected chi connectivity index (χ2v) is 5.37. The van der Waals surface area contributed by atoms with Crippen LogP contribution in [-0.4, -0.2) is 56.6 Å². The molecule has 0 fully saturated rings. The third-order valence-corrected chi connectivity index (χ3v) is 3.34. The number of hydrogen-bond donors (Lipinski definition) is 1. The van der Waals surface area contributed by atoms with Crippen LogP contribution in [0.4, 0.5) is 0 Å². The first kappa shape index (κ1) is 23.7. The van der Waals surface area contributed by atoms with Crippen molar-refractivity contribution >= 4 is 51.5 Å². The van der Waals surface area contributed by atoms with Gasteiger partial charge in [-0.15, -0.1) is 0 Å². The molecule has 0 aromatic heterocycles. The Morgan fingerprint density at radius 1 is 0.810 bits per heavy atom. The average molecular weight is 370 g/mol. The first-order valence-corrected chi connectivity index (χ1v) is 8.29. The van der Waals surface area contributed by atoms with E-state index in [0.29, 0.717) is 6.42 Å². The summed E-state index contributed by atoms with van der Waals surface area (Å²) in [5, 5.41) is 8.50. The Bertz CT molecular complexity index is 272. The van der Waals surface area contributed by atoms with Crippen LogP contribution in [0.5, 0.6) is 0 Å². The molecule has 0 bridgehead atoms. The van der Waals surface area contributed by atoms with E-state index >= 15 is 0 Å². The van der Waals surface area contributed by atoms with Crippen molar-refractivity contribution in [1.29, 1.82) is 0 Å². The molecule has 0 aliphatic carbocycles. The number of hydrogen-bond acceptors (Lipinski definition) is 1. The summed E-state index contributed by atoms with van der Waals surface area (Å²) in [6, 6.07) is 0. The number of carbonyl (C=O) groups is 1. The summed E-state index contributed by atoms with van der Waals surface area (Å²) in [7, 11) is 0. The molecule has 0 saturated carbocycles. The van der Waals surface area contributed by atoms with Crippen LogP contribution in [0.25, 0.3) is 0 Å². The maximum absolute atomic E-state index is 10.3. The predicted octanol–water partition coefficient (Wildman–Crippen LogP) is 4.97. The summed E-state index contributed by atoms with van der Waals surface area (Å²) in [5.74, 6) is -0.671. The van der Waals surface area contributed by atoms with Crippen molar-refractivity contribution in [1.82, 2.24) is 0 Å². The molecule has 1 N–H and O–H groups in total. The molecular weight excluding hydrogens is 336 g/mol. The summed E-state index contributed by atoms with van der Waals surface area (Å²) in [4.78, 5) is 10.3. The molecule has 2 nitrogen and oxygen atoms in total. The number of unbranched alkanes of at least 4 members (excludes halogenated alkanes) is 8. The SMILES string of the molecule is CCCCC/C=C\C/C=C\CCCCCCCC(=O)O.[SrH2]. The van der Waals surface area contributed by atoms with E-state index in [1.54, 1.807) is 0 Å². The van der Waals surface area contributed by atoms with Gasteiger partial charge >= 0.3 is 51.5 Å². The van der Waals surface area contributed by atoms with Crippen molar-refractivity contribution in [2.24, 2.45) is 0 Å². The Labute approximate surface area is 168 Å². The zero-order valence-electron chi connectivity index (χ0n) is 13.2. The molecule has 0 aromatic rings. The molecule has 0 atom stereocenters. The number of rotatable bonds is 14. The quantitative estimate of drug-likeness (QED) is 0.266. The van der Waals surface area contributed by atoms with Gasteiger partial charge in [-0.3, -0.25) is 4.79 Å². The summed E-state index contributed by atoms with van der Waals surface area (Å²) < 4.78 is 0. The standard InChI is InChI=1S/C18H32O2.Sr.2H/c1-2-3-4-5-6-7-8-9-10-11-12-13-14-15-16-17-18(19)20;;;/h6-7,9-10H,2-5,8,11-17H2,1H3,(H,19,20);;;/b7-6-,10-9-;;;. The monoisotopic (exact) mass is 370 g/mol. The van der Waals surface area contributed by atoms with Gasteiger partial charge in [-0.05, 0) is 38.5 Å². The van der Waals surface area contributed by atoms with Gasteiger partial charge in [-0.25, -0.2) is 0 Å². The number of allylic oxidation sites excluding steroid dienone is 4. The van der Waals surface area contributed by atoms with Crippen molar-refractivity contribution in [2.75, 3.05) is 0 Å². The van der Waals surface area contributed by atoms with Crippen molar-refractivity contribution in [3.8, 4) is 0 Å². The van der Waals surface area contributed by atoms with Crippen LogP contribution < -0.4 is 0 Å². The van der Waals surface area contributed by atoms with Crippen molar-refractivity contribution in [3.05, 3.63) is 24.3 Å². The van der Waals surface area contributed by atoms with E-state index in [1.807, 2.05) is 0 Å². The van der Waals surface area contributed by atoms with Gasteiger partial charge in [-0.1, -0.05) is 63.3 Å². The molecule has 21 heavy (non-hydrogen) atoms. The topological polar surface area (TPSA) is 37.3 Å². The van der Waals surface area contributed by atoms with Crippen molar-refractivity contribution in [2.45, 2.75) is 84.0 Å². The average Bonchev–Trinajstić information content (AvgIpc) is 2.43. The van der Waals surface area contributed by atoms with Crippen LogP contribution in [0, 0.1) is 0 Å². The fourth-order valence-electron chi connectivity index (χ4n) is 2.09. The molecule has 120 valence electrons. The molecule has 0 radical (unpaired) electrons. The van der Waals surface area contributed by atoms with Gasteiger partial charge in [0.05, 0.1) is 0 Å². The van der Waals surface area contributed by atoms with E-state index in [4.69, 9.17) is 5.11 Å². The summed E-state index contributed by atoms with van der Waals surface area (Å²) in [5.41, 5.74) is 0. The molecule has 0 amide bonds. The zero-order valence-corrected chi connectivity index (χ0v) is 13.2. The van der Waals surface area contributed by atoms with Gasteiger partial charge in [0.15, 0.2) is 0 Å². The van der Waals surface area contributed by atoms with Crippen LogP contribution in [-0.2, 0) is 4.79 Å². The number of carboxylic acid groups (broad SMARTS) is 1. The summed E-state index contributed by atoms with van der Waals surface area (Å²) in [6.07, 6.45) is 22.3. The first-order valence-electron chi connectivity index (χ1n) is 8.29. The van der Waals surface area contributed by atoms with Gasteiger partial charge in [0.1, 0.15) is 0 Å². The molecule has 0 aromatic carbocycles. The summed E-state index contributed by atoms with van der Waals surface area (Å²) >= 11 is 0. The second-order valence-electron chi connectivity index (χ2n) is 5.37. The summed E-state index contributed by atoms with van der Waals surface area (Å²) in [6.45, 7) is 2.23. The Balaban J connectivity index is 0. The third kappa shape index (κ3) is 22.8. The van der Waals surface area contributed by atoms with Gasteiger partial charge < -0.3 is 5.11 Å². The van der Waals surface area contributed by atoms with E-state index in [0.717, 1.165) is 25.7 Å². The molecular formula is C18H34O2Sr. The van der Waals surface area contributed by atoms with Crippen LogP contribution in [0.15, 0.2) is 24.3 Å². The Morgan fingerprint density at radius 3 is 1.90 bits per heavy atom. The third-order valence-electron chi connectivity index (χ3n) is 3.34. The molecule has 0 unspecified atom stereocenters. The molecule has 3 heteroatoms. The first-order chi connectivity index (χ1) is 9.77. The van der Waals surface area contributed by atoms with Crippen molar-refractivity contribution in [3.63, 3.8) is 0 Å². The van der Waals surface area contributed by atoms with Gasteiger partial charge in [-0.2, -0.15) is 0 Å². The predicted molar refractivity (Wildman–Crippen MR) is 95.5 cm³/mol. The molecule has 0 rings (SSSR count). The Morgan fingerprint density at radius 2 is 1.33 bits per heavy atom. The minimum absolute atomic E-state index is 0. The van der Waals surface area contributed by atoms with E-state index < -0.39 is 5.97 Å². The van der Waals surface area contributed by atoms with Crippen LogP contribution in [0.1, 0.15) is 84.0 Å². The van der Waals surface area contributed by atoms with Gasteiger partial charge in [0, 0.05) is 6.42 Å². The van der Waals surface area contributed by atoms with Gasteiger partial charge in [0.2, 0.25) is 0 Å². The Kier molecular flexibility index (Phi) is 23.1. The molecule has 0 heterocycles. The molecule has 0 spiro atoms. The second kappa shape index (κ2) is 20.4. The van der Waals surface area contributed by atoms with E-state index in [2.05, 4.69) is 31.2 Å². The van der Waals surface area contributed by atoms with Gasteiger partial charge in [0.25, 0.3) is 0 Å². The normalized spacial score (nSPS) is 11.1. The zero-order chi connectivity index (χ0) is 14.9. The van der Waals surface area contributed by atoms with Crippen molar-refractivity contribution < 1.29 is 9.90 Å². The Hall–Kier alpha value is 0.431. The van der Waals surface area contributed by atoms with E-state index in [1.165, 1.54) is 44.9 Å². The van der Waals surface area contributed by atoms with E-state index in [-0.39, 0.29) is 45.5 Å².